The van der Waals surface area contributed by atoms with Crippen molar-refractivity contribution in [3.8, 4) is 0 Å². The maximum absolute atomic E-state index is 12.8. The van der Waals surface area contributed by atoms with E-state index in [4.69, 9.17) is 0 Å². The number of likely N-dealkylation sites (tertiary alicyclic amines) is 1. The van der Waals surface area contributed by atoms with Gasteiger partial charge in [-0.25, -0.2) is 0 Å². The summed E-state index contributed by atoms with van der Waals surface area (Å²) >= 11 is 0. The first-order valence-electron chi connectivity index (χ1n) is 8.74. The summed E-state index contributed by atoms with van der Waals surface area (Å²) in [5.74, 6) is 0.308. The van der Waals surface area contributed by atoms with Gasteiger partial charge in [-0.3, -0.25) is 9.59 Å². The van der Waals surface area contributed by atoms with Crippen molar-refractivity contribution < 1.29 is 14.7 Å². The third-order valence-corrected chi connectivity index (χ3v) is 5.62. The maximum atomic E-state index is 12.8. The van der Waals surface area contributed by atoms with Crippen LogP contribution in [0.3, 0.4) is 0 Å². The van der Waals surface area contributed by atoms with Gasteiger partial charge in [-0.15, -0.1) is 0 Å². The standard InChI is InChI=1S/C19H26N2O3/c1-13(23)20(2)11-16-18(14-7-4-3-5-8-14)17(12-22)21(16)19(24)15-9-6-10-15/h3-5,7-8,15-18,22H,6,9-12H2,1-2H3/t16-,17+,18-/m1/s1. The van der Waals surface area contributed by atoms with Crippen LogP contribution >= 0.6 is 0 Å². The molecule has 2 fully saturated rings. The lowest BCUT2D eigenvalue weighted by molar-refractivity contribution is -0.160. The average molecular weight is 330 g/mol. The minimum Gasteiger partial charge on any atom is -0.394 e. The third kappa shape index (κ3) is 2.93. The number of benzene rings is 1. The van der Waals surface area contributed by atoms with Gasteiger partial charge in [0, 0.05) is 32.4 Å². The van der Waals surface area contributed by atoms with Crippen molar-refractivity contribution in [1.82, 2.24) is 9.80 Å². The summed E-state index contributed by atoms with van der Waals surface area (Å²) in [5.41, 5.74) is 1.12. The third-order valence-electron chi connectivity index (χ3n) is 5.62. The van der Waals surface area contributed by atoms with Crippen LogP contribution in [0.4, 0.5) is 0 Å². The number of amides is 2. The molecule has 0 radical (unpaired) electrons. The molecule has 0 bridgehead atoms. The van der Waals surface area contributed by atoms with Crippen LogP contribution in [0, 0.1) is 5.92 Å². The Morgan fingerprint density at radius 2 is 1.88 bits per heavy atom. The van der Waals surface area contributed by atoms with E-state index in [0.29, 0.717) is 6.54 Å². The highest BCUT2D eigenvalue weighted by molar-refractivity contribution is 5.82. The summed E-state index contributed by atoms with van der Waals surface area (Å²) in [6.07, 6.45) is 2.99. The van der Waals surface area contributed by atoms with Crippen LogP contribution in [0.25, 0.3) is 0 Å². The fraction of sp³-hybridized carbons (Fsp3) is 0.579. The van der Waals surface area contributed by atoms with Gasteiger partial charge in [0.25, 0.3) is 0 Å². The van der Waals surface area contributed by atoms with Gasteiger partial charge in [0.2, 0.25) is 11.8 Å². The molecule has 0 unspecified atom stereocenters. The fourth-order valence-electron chi connectivity index (χ4n) is 3.87. The van der Waals surface area contributed by atoms with E-state index in [2.05, 4.69) is 0 Å². The Hall–Kier alpha value is -1.88. The van der Waals surface area contributed by atoms with E-state index >= 15 is 0 Å². The lowest BCUT2D eigenvalue weighted by Crippen LogP contribution is -2.69. The van der Waals surface area contributed by atoms with Gasteiger partial charge in [-0.05, 0) is 18.4 Å². The van der Waals surface area contributed by atoms with Crippen molar-refractivity contribution >= 4 is 11.8 Å². The molecule has 1 N–H and O–H groups in total. The number of rotatable bonds is 5. The van der Waals surface area contributed by atoms with Crippen LogP contribution in [0.5, 0.6) is 0 Å². The molecular formula is C19H26N2O3. The summed E-state index contributed by atoms with van der Waals surface area (Å²) in [4.78, 5) is 28.0. The number of likely N-dealkylation sites (N-methyl/N-ethyl adjacent to an activating group) is 1. The van der Waals surface area contributed by atoms with E-state index in [9.17, 15) is 14.7 Å². The smallest absolute Gasteiger partial charge is 0.226 e. The number of hydrogen-bond acceptors (Lipinski definition) is 3. The van der Waals surface area contributed by atoms with Gasteiger partial charge in [0.15, 0.2) is 0 Å². The quantitative estimate of drug-likeness (QED) is 0.892. The second kappa shape index (κ2) is 6.93. The Morgan fingerprint density at radius 3 is 2.38 bits per heavy atom. The van der Waals surface area contributed by atoms with Gasteiger partial charge in [-0.2, -0.15) is 0 Å². The van der Waals surface area contributed by atoms with Gasteiger partial charge in [0.05, 0.1) is 18.7 Å². The summed E-state index contributed by atoms with van der Waals surface area (Å²) < 4.78 is 0. The molecule has 1 aliphatic heterocycles. The van der Waals surface area contributed by atoms with E-state index in [0.717, 1.165) is 24.8 Å². The predicted octanol–water partition coefficient (Wildman–Crippen LogP) is 1.62. The molecule has 5 nitrogen and oxygen atoms in total. The molecule has 1 aliphatic carbocycles. The zero-order chi connectivity index (χ0) is 17.3. The largest absolute Gasteiger partial charge is 0.394 e. The Labute approximate surface area is 143 Å². The highest BCUT2D eigenvalue weighted by Gasteiger charge is 2.52. The number of carbonyl (C=O) groups is 2. The van der Waals surface area contributed by atoms with Crippen molar-refractivity contribution in [2.45, 2.75) is 44.2 Å². The first kappa shape index (κ1) is 17.0. The van der Waals surface area contributed by atoms with Gasteiger partial charge < -0.3 is 14.9 Å². The first-order valence-corrected chi connectivity index (χ1v) is 8.74. The number of aliphatic hydroxyl groups is 1. The van der Waals surface area contributed by atoms with E-state index < -0.39 is 0 Å². The number of hydrogen-bond donors (Lipinski definition) is 1. The van der Waals surface area contributed by atoms with Crippen LogP contribution in [-0.2, 0) is 9.59 Å². The Balaban J connectivity index is 1.85. The molecular weight excluding hydrogens is 304 g/mol. The molecule has 1 aromatic rings. The van der Waals surface area contributed by atoms with Crippen molar-refractivity contribution in [2.75, 3.05) is 20.2 Å². The fourth-order valence-corrected chi connectivity index (χ4v) is 3.87. The first-order chi connectivity index (χ1) is 11.5. The Morgan fingerprint density at radius 1 is 1.21 bits per heavy atom. The van der Waals surface area contributed by atoms with E-state index in [-0.39, 0.29) is 42.3 Å². The van der Waals surface area contributed by atoms with Crippen molar-refractivity contribution in [3.05, 3.63) is 35.9 Å². The molecule has 1 saturated carbocycles. The molecule has 24 heavy (non-hydrogen) atoms. The molecule has 3 atom stereocenters. The number of aliphatic hydroxyl groups excluding tert-OH is 1. The van der Waals surface area contributed by atoms with E-state index in [1.807, 2.05) is 35.2 Å². The zero-order valence-electron chi connectivity index (χ0n) is 14.4. The minimum absolute atomic E-state index is 0.00898. The second-order valence-electron chi connectivity index (χ2n) is 7.03. The SMILES string of the molecule is CC(=O)N(C)C[C@@H]1[C@@H](c2ccccc2)[C@H](CO)N1C(=O)C1CCC1. The van der Waals surface area contributed by atoms with Crippen LogP contribution < -0.4 is 0 Å². The van der Waals surface area contributed by atoms with Crippen LogP contribution in [0.1, 0.15) is 37.7 Å². The molecule has 5 heteroatoms. The van der Waals surface area contributed by atoms with Crippen LogP contribution in [0.2, 0.25) is 0 Å². The molecule has 1 saturated heterocycles. The second-order valence-corrected chi connectivity index (χ2v) is 7.03. The minimum atomic E-state index is -0.189. The van der Waals surface area contributed by atoms with Gasteiger partial charge in [0.1, 0.15) is 0 Å². The molecule has 2 aliphatic rings. The van der Waals surface area contributed by atoms with Crippen molar-refractivity contribution in [2.24, 2.45) is 5.92 Å². The van der Waals surface area contributed by atoms with Crippen molar-refractivity contribution in [3.63, 3.8) is 0 Å². The lowest BCUT2D eigenvalue weighted by atomic mass is 9.72. The monoisotopic (exact) mass is 330 g/mol. The molecule has 3 rings (SSSR count). The highest BCUT2D eigenvalue weighted by atomic mass is 16.3. The van der Waals surface area contributed by atoms with Crippen molar-refractivity contribution in [1.29, 1.82) is 0 Å². The summed E-state index contributed by atoms with van der Waals surface area (Å²) in [7, 11) is 1.77. The Kier molecular flexibility index (Phi) is 4.90. The van der Waals surface area contributed by atoms with Gasteiger partial charge in [-0.1, -0.05) is 36.8 Å². The van der Waals surface area contributed by atoms with Crippen LogP contribution in [0.15, 0.2) is 30.3 Å². The molecule has 130 valence electrons. The van der Waals surface area contributed by atoms with Crippen LogP contribution in [-0.4, -0.2) is 59.0 Å². The number of carbonyl (C=O) groups excluding carboxylic acids is 2. The van der Waals surface area contributed by atoms with E-state index in [1.54, 1.807) is 11.9 Å². The summed E-state index contributed by atoms with van der Waals surface area (Å²) in [6.45, 7) is 2.00. The normalized spacial score (nSPS) is 26.5. The average Bonchev–Trinajstić information content (AvgIpc) is 2.50. The molecule has 0 spiro atoms. The molecule has 0 aromatic heterocycles. The zero-order valence-corrected chi connectivity index (χ0v) is 14.4. The Bertz CT molecular complexity index is 600. The maximum Gasteiger partial charge on any atom is 0.226 e. The number of nitrogens with zero attached hydrogens (tertiary/aromatic N) is 2. The van der Waals surface area contributed by atoms with E-state index in [1.165, 1.54) is 6.92 Å². The highest BCUT2D eigenvalue weighted by Crippen LogP contribution is 2.43. The topological polar surface area (TPSA) is 60.9 Å². The van der Waals surface area contributed by atoms with Gasteiger partial charge >= 0.3 is 0 Å². The predicted molar refractivity (Wildman–Crippen MR) is 91.3 cm³/mol. The summed E-state index contributed by atoms with van der Waals surface area (Å²) in [5, 5.41) is 9.90. The molecule has 1 heterocycles. The molecule has 2 amide bonds. The summed E-state index contributed by atoms with van der Waals surface area (Å²) in [6, 6.07) is 9.75. The molecule has 1 aromatic carbocycles. The lowest BCUT2D eigenvalue weighted by Gasteiger charge is -2.57.